The number of hydrogen-bond donors (Lipinski definition) is 0. The van der Waals surface area contributed by atoms with Gasteiger partial charge >= 0.3 is 0 Å². The number of hydrogen-bond acceptors (Lipinski definition) is 3. The summed E-state index contributed by atoms with van der Waals surface area (Å²) in [5.74, 6) is 0. The number of rotatable bonds is 5. The van der Waals surface area contributed by atoms with Crippen LogP contribution in [0.5, 0.6) is 0 Å². The smallest absolute Gasteiger partial charge is 0.0702 e. The van der Waals surface area contributed by atoms with Gasteiger partial charge in [-0.3, -0.25) is 4.68 Å². The van der Waals surface area contributed by atoms with Crippen molar-refractivity contribution in [2.75, 3.05) is 13.7 Å². The van der Waals surface area contributed by atoms with E-state index >= 15 is 0 Å². The van der Waals surface area contributed by atoms with Crippen molar-refractivity contribution in [3.05, 3.63) is 28.4 Å². The first kappa shape index (κ1) is 9.57. The molecule has 0 saturated carbocycles. The van der Waals surface area contributed by atoms with Crippen molar-refractivity contribution in [2.45, 2.75) is 13.1 Å². The Morgan fingerprint density at radius 3 is 3.31 bits per heavy atom. The highest BCUT2D eigenvalue weighted by Crippen LogP contribution is 1.97. The Hall–Kier alpha value is -1.52. The SMILES string of the molecule is COCCn1ccc(CN=[N+]=[N-])n1. The van der Waals surface area contributed by atoms with Crippen LogP contribution in [0.3, 0.4) is 0 Å². The van der Waals surface area contributed by atoms with Crippen LogP contribution in [0.1, 0.15) is 5.69 Å². The summed E-state index contributed by atoms with van der Waals surface area (Å²) in [6.07, 6.45) is 1.83. The van der Waals surface area contributed by atoms with Gasteiger partial charge in [0.1, 0.15) is 0 Å². The molecule has 70 valence electrons. The fourth-order valence-corrected chi connectivity index (χ4v) is 0.901. The van der Waals surface area contributed by atoms with Gasteiger partial charge in [-0.15, -0.1) is 0 Å². The van der Waals surface area contributed by atoms with Gasteiger partial charge in [0.05, 0.1) is 25.4 Å². The zero-order chi connectivity index (χ0) is 9.52. The van der Waals surface area contributed by atoms with E-state index in [1.54, 1.807) is 11.8 Å². The lowest BCUT2D eigenvalue weighted by Gasteiger charge is -1.98. The second kappa shape index (κ2) is 5.18. The minimum absolute atomic E-state index is 0.302. The lowest BCUT2D eigenvalue weighted by atomic mass is 10.4. The highest BCUT2D eigenvalue weighted by Gasteiger charge is 1.96. The van der Waals surface area contributed by atoms with Crippen LogP contribution >= 0.6 is 0 Å². The summed E-state index contributed by atoms with van der Waals surface area (Å²) < 4.78 is 6.65. The maximum Gasteiger partial charge on any atom is 0.0702 e. The topological polar surface area (TPSA) is 75.8 Å². The molecular weight excluding hydrogens is 170 g/mol. The number of azide groups is 1. The lowest BCUT2D eigenvalue weighted by molar-refractivity contribution is 0.183. The third-order valence-electron chi connectivity index (χ3n) is 1.52. The van der Waals surface area contributed by atoms with Crippen LogP contribution in [0.15, 0.2) is 17.4 Å². The number of methoxy groups -OCH3 is 1. The molecule has 13 heavy (non-hydrogen) atoms. The van der Waals surface area contributed by atoms with Crippen LogP contribution in [0, 0.1) is 0 Å². The van der Waals surface area contributed by atoms with Gasteiger partial charge in [-0.2, -0.15) is 5.10 Å². The quantitative estimate of drug-likeness (QED) is 0.390. The van der Waals surface area contributed by atoms with Gasteiger partial charge in [0.25, 0.3) is 0 Å². The van der Waals surface area contributed by atoms with Crippen molar-refractivity contribution >= 4 is 0 Å². The molecule has 1 aromatic rings. The molecule has 6 heteroatoms. The second-order valence-electron chi connectivity index (χ2n) is 2.45. The standard InChI is InChI=1S/C7H11N5O/c1-13-5-4-12-3-2-7(10-12)6-9-11-8/h2-3H,4-6H2,1H3. The van der Waals surface area contributed by atoms with Crippen molar-refractivity contribution in [2.24, 2.45) is 5.11 Å². The van der Waals surface area contributed by atoms with Crippen molar-refractivity contribution in [3.63, 3.8) is 0 Å². The predicted octanol–water partition coefficient (Wildman–Crippen LogP) is 1.34. The molecule has 0 radical (unpaired) electrons. The van der Waals surface area contributed by atoms with E-state index in [2.05, 4.69) is 15.1 Å². The largest absolute Gasteiger partial charge is 0.383 e. The van der Waals surface area contributed by atoms with Gasteiger partial charge in [-0.25, -0.2) is 0 Å². The van der Waals surface area contributed by atoms with Crippen LogP contribution in [0.4, 0.5) is 0 Å². The Morgan fingerprint density at radius 1 is 1.77 bits per heavy atom. The zero-order valence-corrected chi connectivity index (χ0v) is 7.42. The highest BCUT2D eigenvalue weighted by molar-refractivity contribution is 4.98. The second-order valence-corrected chi connectivity index (χ2v) is 2.45. The molecule has 0 aliphatic heterocycles. The number of ether oxygens (including phenoxy) is 1. The van der Waals surface area contributed by atoms with Gasteiger partial charge in [0.2, 0.25) is 0 Å². The molecule has 0 amide bonds. The van der Waals surface area contributed by atoms with Crippen LogP contribution in [-0.2, 0) is 17.8 Å². The third kappa shape index (κ3) is 3.14. The zero-order valence-electron chi connectivity index (χ0n) is 7.42. The average Bonchev–Trinajstić information content (AvgIpc) is 2.59. The number of aromatic nitrogens is 2. The van der Waals surface area contributed by atoms with E-state index in [0.717, 1.165) is 5.69 Å². The van der Waals surface area contributed by atoms with Gasteiger partial charge < -0.3 is 4.74 Å². The molecule has 0 aromatic carbocycles. The van der Waals surface area contributed by atoms with E-state index in [0.29, 0.717) is 19.7 Å². The monoisotopic (exact) mass is 181 g/mol. The molecular formula is C7H11N5O. The molecule has 0 saturated heterocycles. The summed E-state index contributed by atoms with van der Waals surface area (Å²) in [5, 5.41) is 7.57. The van der Waals surface area contributed by atoms with Gasteiger partial charge in [0, 0.05) is 18.2 Å². The summed E-state index contributed by atoms with van der Waals surface area (Å²) in [4.78, 5) is 2.65. The summed E-state index contributed by atoms with van der Waals surface area (Å²) >= 11 is 0. The first-order valence-corrected chi connectivity index (χ1v) is 3.89. The molecule has 0 atom stereocenters. The first-order valence-electron chi connectivity index (χ1n) is 3.89. The minimum Gasteiger partial charge on any atom is -0.383 e. The van der Waals surface area contributed by atoms with Gasteiger partial charge in [-0.1, -0.05) is 5.11 Å². The molecule has 0 N–H and O–H groups in total. The van der Waals surface area contributed by atoms with Gasteiger partial charge in [0.15, 0.2) is 0 Å². The fourth-order valence-electron chi connectivity index (χ4n) is 0.901. The van der Waals surface area contributed by atoms with Crippen LogP contribution in [0.25, 0.3) is 10.4 Å². The molecule has 6 nitrogen and oxygen atoms in total. The molecule has 0 fully saturated rings. The van der Waals surface area contributed by atoms with Crippen molar-refractivity contribution < 1.29 is 4.74 Å². The molecule has 1 rings (SSSR count). The van der Waals surface area contributed by atoms with Crippen LogP contribution < -0.4 is 0 Å². The minimum atomic E-state index is 0.302. The maximum atomic E-state index is 8.08. The normalized spacial score (nSPS) is 9.62. The Labute approximate surface area is 75.7 Å². The molecule has 0 spiro atoms. The van der Waals surface area contributed by atoms with E-state index in [-0.39, 0.29) is 0 Å². The Balaban J connectivity index is 2.48. The summed E-state index contributed by atoms with van der Waals surface area (Å²) in [6, 6.07) is 1.82. The highest BCUT2D eigenvalue weighted by atomic mass is 16.5. The lowest BCUT2D eigenvalue weighted by Crippen LogP contribution is -2.04. The molecule has 1 aromatic heterocycles. The summed E-state index contributed by atoms with van der Waals surface area (Å²) in [7, 11) is 1.64. The van der Waals surface area contributed by atoms with Crippen LogP contribution in [-0.4, -0.2) is 23.5 Å². The van der Waals surface area contributed by atoms with Gasteiger partial charge in [-0.05, 0) is 11.6 Å². The van der Waals surface area contributed by atoms with E-state index in [1.165, 1.54) is 0 Å². The molecule has 0 unspecified atom stereocenters. The van der Waals surface area contributed by atoms with E-state index in [9.17, 15) is 0 Å². The van der Waals surface area contributed by atoms with Crippen molar-refractivity contribution in [1.29, 1.82) is 0 Å². The first-order chi connectivity index (χ1) is 6.36. The average molecular weight is 181 g/mol. The van der Waals surface area contributed by atoms with E-state index in [1.807, 2.05) is 12.3 Å². The molecule has 0 aliphatic rings. The number of nitrogens with zero attached hydrogens (tertiary/aromatic N) is 5. The van der Waals surface area contributed by atoms with E-state index < -0.39 is 0 Å². The fraction of sp³-hybridized carbons (Fsp3) is 0.571. The van der Waals surface area contributed by atoms with Crippen molar-refractivity contribution in [3.8, 4) is 0 Å². The summed E-state index contributed by atoms with van der Waals surface area (Å²) in [5.41, 5.74) is 8.85. The Kier molecular flexibility index (Phi) is 3.81. The molecule has 0 bridgehead atoms. The Bertz CT molecular complexity index is 302. The molecule has 0 aliphatic carbocycles. The molecule has 1 heterocycles. The van der Waals surface area contributed by atoms with Crippen molar-refractivity contribution in [1.82, 2.24) is 9.78 Å². The summed E-state index contributed by atoms with van der Waals surface area (Å²) in [6.45, 7) is 1.64. The Morgan fingerprint density at radius 2 is 2.62 bits per heavy atom. The third-order valence-corrected chi connectivity index (χ3v) is 1.52. The predicted molar refractivity (Wildman–Crippen MR) is 47.0 cm³/mol. The van der Waals surface area contributed by atoms with E-state index in [4.69, 9.17) is 10.3 Å². The maximum absolute atomic E-state index is 8.08. The van der Waals surface area contributed by atoms with Crippen LogP contribution in [0.2, 0.25) is 0 Å².